The van der Waals surface area contributed by atoms with Crippen molar-refractivity contribution in [1.29, 1.82) is 0 Å². The van der Waals surface area contributed by atoms with Crippen LogP contribution in [0.2, 0.25) is 0 Å². The van der Waals surface area contributed by atoms with E-state index in [4.69, 9.17) is 0 Å². The molecular weight excluding hydrogens is 343 g/mol. The van der Waals surface area contributed by atoms with Gasteiger partial charge in [-0.05, 0) is 68.6 Å². The molecule has 0 saturated carbocycles. The molecule has 2 aliphatic rings. The number of hydrogen-bond acceptors (Lipinski definition) is 3. The number of imide groups is 1. The number of amides is 2. The largest absolute Gasteiger partial charge is 0.296 e. The first-order valence-electron chi connectivity index (χ1n) is 9.60. The number of carbonyl (C=O) groups is 2. The number of halogens is 1. The van der Waals surface area contributed by atoms with Gasteiger partial charge in [-0.1, -0.05) is 24.3 Å². The van der Waals surface area contributed by atoms with Crippen LogP contribution < -0.4 is 0 Å². The molecule has 5 heteroatoms. The van der Waals surface area contributed by atoms with Gasteiger partial charge >= 0.3 is 0 Å². The minimum Gasteiger partial charge on any atom is -0.296 e. The lowest BCUT2D eigenvalue weighted by Gasteiger charge is -2.25. The summed E-state index contributed by atoms with van der Waals surface area (Å²) in [6, 6.07) is 14.1. The van der Waals surface area contributed by atoms with Crippen molar-refractivity contribution in [3.05, 3.63) is 71.0 Å². The molecule has 140 valence electrons. The maximum Gasteiger partial charge on any atom is 0.261 e. The highest BCUT2D eigenvalue weighted by molar-refractivity contribution is 6.21. The zero-order valence-corrected chi connectivity index (χ0v) is 15.2. The summed E-state index contributed by atoms with van der Waals surface area (Å²) in [5.41, 5.74) is 2.19. The van der Waals surface area contributed by atoms with Crippen molar-refractivity contribution in [2.45, 2.75) is 31.7 Å². The van der Waals surface area contributed by atoms with Crippen LogP contribution in [0.5, 0.6) is 0 Å². The fourth-order valence-electron chi connectivity index (χ4n) is 4.18. The molecule has 4 rings (SSSR count). The Morgan fingerprint density at radius 3 is 2.19 bits per heavy atom. The molecule has 0 aliphatic carbocycles. The summed E-state index contributed by atoms with van der Waals surface area (Å²) in [7, 11) is 0. The van der Waals surface area contributed by atoms with E-state index in [0.717, 1.165) is 44.3 Å². The van der Waals surface area contributed by atoms with E-state index >= 15 is 0 Å². The normalized spacial score (nSPS) is 19.7. The predicted molar refractivity (Wildman–Crippen MR) is 101 cm³/mol. The number of fused-ring (bicyclic) bond motifs is 1. The molecule has 2 aromatic rings. The molecule has 27 heavy (non-hydrogen) atoms. The first-order valence-corrected chi connectivity index (χ1v) is 9.60. The van der Waals surface area contributed by atoms with Crippen molar-refractivity contribution in [2.75, 3.05) is 19.6 Å². The van der Waals surface area contributed by atoms with Crippen LogP contribution in [-0.2, 0) is 0 Å². The summed E-state index contributed by atoms with van der Waals surface area (Å²) in [6.45, 7) is 2.42. The third-order valence-corrected chi connectivity index (χ3v) is 5.57. The van der Waals surface area contributed by atoms with Crippen LogP contribution in [0.4, 0.5) is 4.39 Å². The minimum absolute atomic E-state index is 0.180. The Bertz CT molecular complexity index is 815. The third-order valence-electron chi connectivity index (χ3n) is 5.57. The predicted octanol–water partition coefficient (Wildman–Crippen LogP) is 4.04. The summed E-state index contributed by atoms with van der Waals surface area (Å²) in [4.78, 5) is 28.6. The van der Waals surface area contributed by atoms with Crippen LogP contribution >= 0.6 is 0 Å². The highest BCUT2D eigenvalue weighted by Crippen LogP contribution is 2.32. The lowest BCUT2D eigenvalue weighted by Crippen LogP contribution is -2.31. The molecule has 0 N–H and O–H groups in total. The van der Waals surface area contributed by atoms with Crippen molar-refractivity contribution in [1.82, 2.24) is 9.80 Å². The first kappa shape index (κ1) is 17.9. The van der Waals surface area contributed by atoms with E-state index in [2.05, 4.69) is 4.90 Å². The van der Waals surface area contributed by atoms with Crippen LogP contribution in [0, 0.1) is 5.82 Å². The maximum atomic E-state index is 13.2. The monoisotopic (exact) mass is 366 g/mol. The van der Waals surface area contributed by atoms with Gasteiger partial charge in [0.1, 0.15) is 5.82 Å². The molecule has 0 radical (unpaired) electrons. The lowest BCUT2D eigenvalue weighted by molar-refractivity contribution is 0.0650. The van der Waals surface area contributed by atoms with Gasteiger partial charge in [0.05, 0.1) is 11.1 Å². The Morgan fingerprint density at radius 1 is 0.889 bits per heavy atom. The quantitative estimate of drug-likeness (QED) is 0.572. The second kappa shape index (κ2) is 7.61. The number of benzene rings is 2. The van der Waals surface area contributed by atoms with Crippen molar-refractivity contribution in [3.8, 4) is 0 Å². The van der Waals surface area contributed by atoms with Crippen molar-refractivity contribution < 1.29 is 14.0 Å². The summed E-state index contributed by atoms with van der Waals surface area (Å²) in [5.74, 6) is -0.564. The Balaban J connectivity index is 1.30. The zero-order valence-electron chi connectivity index (χ0n) is 15.2. The number of nitrogens with zero attached hydrogens (tertiary/aromatic N) is 2. The van der Waals surface area contributed by atoms with E-state index in [0.29, 0.717) is 23.7 Å². The van der Waals surface area contributed by atoms with E-state index < -0.39 is 0 Å². The van der Waals surface area contributed by atoms with Gasteiger partial charge in [-0.3, -0.25) is 19.4 Å². The molecule has 1 atom stereocenters. The molecule has 0 bridgehead atoms. The molecule has 4 nitrogen and oxygen atoms in total. The second-order valence-corrected chi connectivity index (χ2v) is 7.26. The molecule has 2 amide bonds. The van der Waals surface area contributed by atoms with Crippen LogP contribution in [0.15, 0.2) is 48.5 Å². The van der Waals surface area contributed by atoms with Crippen LogP contribution in [0.1, 0.15) is 58.0 Å². The number of unbranched alkanes of at least 4 members (excludes halogenated alkanes) is 1. The molecule has 2 aliphatic heterocycles. The summed E-state index contributed by atoms with van der Waals surface area (Å²) in [6.07, 6.45) is 3.94. The Labute approximate surface area is 158 Å². The van der Waals surface area contributed by atoms with Gasteiger partial charge in [0.15, 0.2) is 0 Å². The van der Waals surface area contributed by atoms with Gasteiger partial charge < -0.3 is 0 Å². The molecule has 2 aromatic carbocycles. The molecule has 0 unspecified atom stereocenters. The van der Waals surface area contributed by atoms with Crippen LogP contribution in [0.25, 0.3) is 0 Å². The summed E-state index contributed by atoms with van der Waals surface area (Å²) in [5, 5.41) is 0. The highest BCUT2D eigenvalue weighted by Gasteiger charge is 2.34. The zero-order chi connectivity index (χ0) is 18.8. The van der Waals surface area contributed by atoms with Gasteiger partial charge in [-0.15, -0.1) is 0 Å². The lowest BCUT2D eigenvalue weighted by atomic mass is 10.0. The molecule has 0 aromatic heterocycles. The number of carbonyl (C=O) groups excluding carboxylic acids is 2. The van der Waals surface area contributed by atoms with E-state index in [9.17, 15) is 14.0 Å². The van der Waals surface area contributed by atoms with Crippen molar-refractivity contribution in [3.63, 3.8) is 0 Å². The smallest absolute Gasteiger partial charge is 0.261 e. The van der Waals surface area contributed by atoms with Gasteiger partial charge in [-0.2, -0.15) is 0 Å². The van der Waals surface area contributed by atoms with Crippen molar-refractivity contribution in [2.24, 2.45) is 0 Å². The fraction of sp³-hybridized carbons (Fsp3) is 0.364. The SMILES string of the molecule is O=C1c2ccccc2C(=O)N1CCCCN1CCC[C@@H]1c1ccc(F)cc1. The Morgan fingerprint density at radius 2 is 1.52 bits per heavy atom. The van der Waals surface area contributed by atoms with Gasteiger partial charge in [0, 0.05) is 12.6 Å². The van der Waals surface area contributed by atoms with E-state index in [1.54, 1.807) is 24.3 Å². The number of likely N-dealkylation sites (tertiary alicyclic amines) is 1. The average molecular weight is 366 g/mol. The standard InChI is InChI=1S/C22H23FN2O2/c23-17-11-9-16(10-12-17)20-8-5-14-24(20)13-3-4-15-25-21(26)18-6-1-2-7-19(18)22(25)27/h1-2,6-7,9-12,20H,3-5,8,13-15H2/t20-/m1/s1. The van der Waals surface area contributed by atoms with E-state index in [-0.39, 0.29) is 17.6 Å². The number of hydrogen-bond donors (Lipinski definition) is 0. The van der Waals surface area contributed by atoms with E-state index in [1.807, 2.05) is 12.1 Å². The van der Waals surface area contributed by atoms with Crippen molar-refractivity contribution >= 4 is 11.8 Å². The molecule has 2 heterocycles. The molecule has 1 saturated heterocycles. The first-order chi connectivity index (χ1) is 13.1. The van der Waals surface area contributed by atoms with Gasteiger partial charge in [0.25, 0.3) is 11.8 Å². The van der Waals surface area contributed by atoms with Gasteiger partial charge in [0.2, 0.25) is 0 Å². The second-order valence-electron chi connectivity index (χ2n) is 7.26. The Hall–Kier alpha value is -2.53. The average Bonchev–Trinajstić information content (AvgIpc) is 3.24. The molecule has 1 fully saturated rings. The number of rotatable bonds is 6. The summed E-state index contributed by atoms with van der Waals surface area (Å²) < 4.78 is 13.2. The Kier molecular flexibility index (Phi) is 5.03. The third kappa shape index (κ3) is 3.52. The maximum absolute atomic E-state index is 13.2. The fourth-order valence-corrected chi connectivity index (χ4v) is 4.18. The molecular formula is C22H23FN2O2. The minimum atomic E-state index is -0.204. The van der Waals surface area contributed by atoms with Gasteiger partial charge in [-0.25, -0.2) is 4.39 Å². The summed E-state index contributed by atoms with van der Waals surface area (Å²) >= 11 is 0. The van der Waals surface area contributed by atoms with Crippen LogP contribution in [-0.4, -0.2) is 41.2 Å². The van der Waals surface area contributed by atoms with Crippen LogP contribution in [0.3, 0.4) is 0 Å². The van der Waals surface area contributed by atoms with E-state index in [1.165, 1.54) is 17.0 Å². The highest BCUT2D eigenvalue weighted by atomic mass is 19.1. The molecule has 0 spiro atoms. The topological polar surface area (TPSA) is 40.6 Å².